The average Bonchev–Trinajstić information content (AvgIpc) is 3.20. The average molecular weight is 515 g/mol. The van der Waals surface area contributed by atoms with Gasteiger partial charge in [-0.25, -0.2) is 4.90 Å². The molecule has 194 valence electrons. The molecule has 0 radical (unpaired) electrons. The standard InChI is InChI=1S/C32H38N2O2S/c33-20-9-7-5-3-1-2-4-6-8-10-21-37-28-22-29(35)34(32(28)36)27-19-17-25-15-14-23-12-11-13-24-16-18-26(27)31(25)30(23)24/h11-19,28H,1-10,20-22,33H2. The number of hydrogen-bond acceptors (Lipinski definition) is 4. The lowest BCUT2D eigenvalue weighted by molar-refractivity contribution is -0.121. The number of nitrogens with two attached hydrogens (primary N) is 1. The van der Waals surface area contributed by atoms with Gasteiger partial charge in [-0.15, -0.1) is 11.8 Å². The molecular weight excluding hydrogens is 476 g/mol. The molecule has 5 rings (SSSR count). The Hall–Kier alpha value is -2.63. The molecule has 0 spiro atoms. The number of imide groups is 1. The van der Waals surface area contributed by atoms with Crippen molar-refractivity contribution in [3.63, 3.8) is 0 Å². The van der Waals surface area contributed by atoms with E-state index >= 15 is 0 Å². The number of amides is 2. The zero-order valence-electron chi connectivity index (χ0n) is 21.7. The number of benzene rings is 4. The van der Waals surface area contributed by atoms with E-state index in [1.54, 1.807) is 11.8 Å². The van der Waals surface area contributed by atoms with Crippen LogP contribution >= 0.6 is 11.8 Å². The summed E-state index contributed by atoms with van der Waals surface area (Å²) in [6.45, 7) is 0.816. The maximum Gasteiger partial charge on any atom is 0.247 e. The van der Waals surface area contributed by atoms with E-state index in [1.807, 2.05) is 12.1 Å². The SMILES string of the molecule is NCCCCCCCCCCCCSC1CC(=O)N(c2ccc3ccc4cccc5ccc2c3c45)C1=O. The third-order valence-electron chi connectivity index (χ3n) is 7.77. The van der Waals surface area contributed by atoms with Crippen molar-refractivity contribution in [2.75, 3.05) is 17.2 Å². The van der Waals surface area contributed by atoms with Crippen LogP contribution in [0.5, 0.6) is 0 Å². The first-order valence-electron chi connectivity index (χ1n) is 14.0. The molecule has 4 aromatic rings. The van der Waals surface area contributed by atoms with Crippen LogP contribution in [0.3, 0.4) is 0 Å². The number of nitrogens with zero attached hydrogens (tertiary/aromatic N) is 1. The van der Waals surface area contributed by atoms with E-state index in [0.717, 1.165) is 47.0 Å². The molecule has 1 aliphatic heterocycles. The molecule has 1 aliphatic rings. The second-order valence-electron chi connectivity index (χ2n) is 10.4. The van der Waals surface area contributed by atoms with E-state index in [2.05, 4.69) is 42.5 Å². The highest BCUT2D eigenvalue weighted by molar-refractivity contribution is 8.00. The van der Waals surface area contributed by atoms with Gasteiger partial charge in [0.05, 0.1) is 10.9 Å². The molecular formula is C32H38N2O2S. The maximum atomic E-state index is 13.4. The molecule has 4 aromatic carbocycles. The topological polar surface area (TPSA) is 63.4 Å². The van der Waals surface area contributed by atoms with Gasteiger partial charge in [-0.3, -0.25) is 9.59 Å². The van der Waals surface area contributed by atoms with Crippen molar-refractivity contribution in [3.8, 4) is 0 Å². The smallest absolute Gasteiger partial charge is 0.247 e. The van der Waals surface area contributed by atoms with Gasteiger partial charge in [-0.2, -0.15) is 0 Å². The first-order chi connectivity index (χ1) is 18.2. The minimum Gasteiger partial charge on any atom is -0.330 e. The van der Waals surface area contributed by atoms with Crippen molar-refractivity contribution in [2.45, 2.75) is 75.9 Å². The number of thioether (sulfide) groups is 1. The molecule has 0 aromatic heterocycles. The lowest BCUT2D eigenvalue weighted by Crippen LogP contribution is -2.31. The maximum absolute atomic E-state index is 13.4. The molecule has 1 fully saturated rings. The zero-order valence-corrected chi connectivity index (χ0v) is 22.5. The van der Waals surface area contributed by atoms with Crippen molar-refractivity contribution in [1.82, 2.24) is 0 Å². The summed E-state index contributed by atoms with van der Waals surface area (Å²) in [6.07, 6.45) is 12.9. The number of carbonyl (C=O) groups excluding carboxylic acids is 2. The Morgan fingerprint density at radius 2 is 1.27 bits per heavy atom. The number of rotatable bonds is 14. The van der Waals surface area contributed by atoms with Gasteiger partial charge >= 0.3 is 0 Å². The number of hydrogen-bond donors (Lipinski definition) is 1. The molecule has 4 nitrogen and oxygen atoms in total. The van der Waals surface area contributed by atoms with Crippen molar-refractivity contribution in [3.05, 3.63) is 54.6 Å². The van der Waals surface area contributed by atoms with E-state index in [9.17, 15) is 9.59 Å². The van der Waals surface area contributed by atoms with E-state index in [4.69, 9.17) is 5.73 Å². The molecule has 37 heavy (non-hydrogen) atoms. The summed E-state index contributed by atoms with van der Waals surface area (Å²) in [6, 6.07) is 18.8. The minimum absolute atomic E-state index is 0.0559. The Morgan fingerprint density at radius 1 is 0.703 bits per heavy atom. The molecule has 2 N–H and O–H groups in total. The molecule has 0 aliphatic carbocycles. The van der Waals surface area contributed by atoms with Gasteiger partial charge in [0.25, 0.3) is 0 Å². The second kappa shape index (κ2) is 12.3. The van der Waals surface area contributed by atoms with Gasteiger partial charge in [-0.1, -0.05) is 99.9 Å². The largest absolute Gasteiger partial charge is 0.330 e. The van der Waals surface area contributed by atoms with Crippen LogP contribution in [0.1, 0.15) is 70.6 Å². The van der Waals surface area contributed by atoms with Gasteiger partial charge < -0.3 is 5.73 Å². The van der Waals surface area contributed by atoms with E-state index in [-0.39, 0.29) is 17.1 Å². The summed E-state index contributed by atoms with van der Waals surface area (Å²) >= 11 is 1.67. The van der Waals surface area contributed by atoms with Crippen LogP contribution in [0.2, 0.25) is 0 Å². The Bertz CT molecular complexity index is 1350. The number of anilines is 1. The molecule has 5 heteroatoms. The Labute approximate surface area is 224 Å². The summed E-state index contributed by atoms with van der Waals surface area (Å²) in [4.78, 5) is 27.9. The van der Waals surface area contributed by atoms with Gasteiger partial charge in [0.1, 0.15) is 0 Å². The third kappa shape index (κ3) is 5.63. The summed E-state index contributed by atoms with van der Waals surface area (Å²) < 4.78 is 0. The van der Waals surface area contributed by atoms with Gasteiger partial charge in [0, 0.05) is 11.8 Å². The van der Waals surface area contributed by atoms with Crippen LogP contribution < -0.4 is 10.6 Å². The molecule has 0 bridgehead atoms. The fourth-order valence-electron chi connectivity index (χ4n) is 5.79. The summed E-state index contributed by atoms with van der Waals surface area (Å²) in [7, 11) is 0. The predicted octanol–water partition coefficient (Wildman–Crippen LogP) is 7.81. The number of carbonyl (C=O) groups is 2. The molecule has 1 heterocycles. The normalized spacial score (nSPS) is 16.2. The summed E-state index contributed by atoms with van der Waals surface area (Å²) in [5.74, 6) is 0.804. The quantitative estimate of drug-likeness (QED) is 0.106. The highest BCUT2D eigenvalue weighted by Gasteiger charge is 2.40. The Balaban J connectivity index is 1.15. The van der Waals surface area contributed by atoms with Gasteiger partial charge in [-0.05, 0) is 58.1 Å². The van der Waals surface area contributed by atoms with Crippen LogP contribution in [0.25, 0.3) is 32.3 Å². The first-order valence-corrected chi connectivity index (χ1v) is 15.1. The minimum atomic E-state index is -0.264. The van der Waals surface area contributed by atoms with E-state index in [0.29, 0.717) is 6.42 Å². The summed E-state index contributed by atoms with van der Waals surface area (Å²) in [5, 5.41) is 6.56. The molecule has 0 saturated carbocycles. The fourth-order valence-corrected chi connectivity index (χ4v) is 6.95. The lowest BCUT2D eigenvalue weighted by atomic mass is 9.93. The van der Waals surface area contributed by atoms with Crippen LogP contribution in [-0.2, 0) is 9.59 Å². The second-order valence-corrected chi connectivity index (χ2v) is 11.7. The van der Waals surface area contributed by atoms with Crippen molar-refractivity contribution in [2.24, 2.45) is 5.73 Å². The van der Waals surface area contributed by atoms with Crippen LogP contribution in [-0.4, -0.2) is 29.4 Å². The number of unbranched alkanes of at least 4 members (excludes halogenated alkanes) is 9. The van der Waals surface area contributed by atoms with Crippen molar-refractivity contribution < 1.29 is 9.59 Å². The van der Waals surface area contributed by atoms with E-state index < -0.39 is 0 Å². The van der Waals surface area contributed by atoms with Crippen molar-refractivity contribution >= 4 is 61.6 Å². The predicted molar refractivity (Wildman–Crippen MR) is 159 cm³/mol. The highest BCUT2D eigenvalue weighted by Crippen LogP contribution is 2.41. The van der Waals surface area contributed by atoms with Crippen LogP contribution in [0, 0.1) is 0 Å². The van der Waals surface area contributed by atoms with Crippen molar-refractivity contribution in [1.29, 1.82) is 0 Å². The first kappa shape index (κ1) is 26.0. The van der Waals surface area contributed by atoms with Crippen LogP contribution in [0.4, 0.5) is 5.69 Å². The van der Waals surface area contributed by atoms with E-state index in [1.165, 1.54) is 72.4 Å². The molecule has 1 unspecified atom stereocenters. The van der Waals surface area contributed by atoms with Gasteiger partial charge in [0.2, 0.25) is 11.8 Å². The zero-order chi connectivity index (χ0) is 25.6. The molecule has 2 amide bonds. The lowest BCUT2D eigenvalue weighted by Gasteiger charge is -2.20. The van der Waals surface area contributed by atoms with Crippen LogP contribution in [0.15, 0.2) is 54.6 Å². The Kier molecular flexibility index (Phi) is 8.62. The monoisotopic (exact) mass is 514 g/mol. The molecule has 1 atom stereocenters. The fraction of sp³-hybridized carbons (Fsp3) is 0.438. The molecule has 1 saturated heterocycles. The third-order valence-corrected chi connectivity index (χ3v) is 9.06. The Morgan fingerprint density at radius 3 is 1.95 bits per heavy atom. The summed E-state index contributed by atoms with van der Waals surface area (Å²) in [5.41, 5.74) is 6.27. The highest BCUT2D eigenvalue weighted by atomic mass is 32.2. The van der Waals surface area contributed by atoms with Gasteiger partial charge in [0.15, 0.2) is 0 Å².